The van der Waals surface area contributed by atoms with Gasteiger partial charge in [-0.3, -0.25) is 11.3 Å². The summed E-state index contributed by atoms with van der Waals surface area (Å²) in [6.45, 7) is 1.96. The average molecular weight is 250 g/mol. The molecule has 0 atom stereocenters. The first-order valence-electron chi connectivity index (χ1n) is 3.16. The normalized spacial score (nSPS) is 9.75. The van der Waals surface area contributed by atoms with Crippen LogP contribution < -0.4 is 63.9 Å². The van der Waals surface area contributed by atoms with E-state index in [9.17, 15) is 0 Å². The molecule has 2 N–H and O–H groups in total. The van der Waals surface area contributed by atoms with E-state index < -0.39 is 0 Å². The third-order valence-electron chi connectivity index (χ3n) is 1.52. The van der Waals surface area contributed by atoms with E-state index in [0.29, 0.717) is 5.82 Å². The summed E-state index contributed by atoms with van der Waals surface area (Å²) >= 11 is 1.47. The number of hydrogen-bond acceptors (Lipinski definition) is 4. The van der Waals surface area contributed by atoms with E-state index in [-0.39, 0.29) is 58.2 Å². The van der Waals surface area contributed by atoms with E-state index in [1.54, 1.807) is 0 Å². The Morgan fingerprint density at radius 3 is 2.92 bits per heavy atom. The minimum Gasteiger partial charge on any atom is -0.394 e. The number of aromatic nitrogens is 2. The summed E-state index contributed by atoms with van der Waals surface area (Å²) in [6, 6.07) is 0. The molecule has 0 aliphatic carbocycles. The van der Waals surface area contributed by atoms with Crippen LogP contribution in [-0.4, -0.2) is 9.97 Å². The SMILES string of the molecule is Cc1[c-]sc2ncnc(N)c12.[Rb+]. The Labute approximate surface area is 123 Å². The number of hydrogen-bond donors (Lipinski definition) is 1. The second-order valence-corrected chi connectivity index (χ2v) is 3.06. The molecule has 0 radical (unpaired) electrons. The maximum Gasteiger partial charge on any atom is 1.00 e. The number of nitrogens with zero attached hydrogens (tertiary/aromatic N) is 2. The van der Waals surface area contributed by atoms with E-state index in [0.717, 1.165) is 15.8 Å². The molecule has 0 amide bonds. The van der Waals surface area contributed by atoms with Crippen LogP contribution >= 0.6 is 11.3 Å². The number of nitrogen functional groups attached to an aromatic ring is 1. The minimum absolute atomic E-state index is 0. The number of thiophene rings is 1. The summed E-state index contributed by atoms with van der Waals surface area (Å²) in [6.07, 6.45) is 1.47. The zero-order chi connectivity index (χ0) is 7.84. The Kier molecular flexibility index (Phi) is 3.79. The third kappa shape index (κ3) is 1.77. The largest absolute Gasteiger partial charge is 1.00 e. The molecule has 0 aliphatic heterocycles. The molecule has 0 unspecified atom stereocenters. The van der Waals surface area contributed by atoms with E-state index in [4.69, 9.17) is 5.73 Å². The molecule has 0 spiro atoms. The van der Waals surface area contributed by atoms with Crippen molar-refractivity contribution in [2.45, 2.75) is 6.92 Å². The summed E-state index contributed by atoms with van der Waals surface area (Å²) in [5.41, 5.74) is 6.67. The van der Waals surface area contributed by atoms with Crippen LogP contribution in [0.1, 0.15) is 5.56 Å². The maximum atomic E-state index is 5.64. The predicted molar refractivity (Wildman–Crippen MR) is 45.4 cm³/mol. The third-order valence-corrected chi connectivity index (χ3v) is 2.43. The molecule has 2 aromatic rings. The molecule has 12 heavy (non-hydrogen) atoms. The summed E-state index contributed by atoms with van der Waals surface area (Å²) in [5, 5.41) is 4.02. The first-order valence-corrected chi connectivity index (χ1v) is 3.98. The van der Waals surface area contributed by atoms with Crippen molar-refractivity contribution >= 4 is 27.4 Å². The number of nitrogens with two attached hydrogens (primary N) is 1. The van der Waals surface area contributed by atoms with E-state index >= 15 is 0 Å². The van der Waals surface area contributed by atoms with Crippen LogP contribution in [0.3, 0.4) is 0 Å². The number of aryl methyl sites for hydroxylation is 1. The van der Waals surface area contributed by atoms with Crippen molar-refractivity contribution < 1.29 is 58.2 Å². The fraction of sp³-hybridized carbons (Fsp3) is 0.143. The molecule has 5 heteroatoms. The number of rotatable bonds is 0. The second kappa shape index (κ2) is 4.24. The fourth-order valence-electron chi connectivity index (χ4n) is 0.988. The first-order chi connectivity index (χ1) is 5.29. The Balaban J connectivity index is 0.000000720. The van der Waals surface area contributed by atoms with E-state index in [1.165, 1.54) is 17.7 Å². The van der Waals surface area contributed by atoms with Gasteiger partial charge >= 0.3 is 58.2 Å². The molecule has 3 nitrogen and oxygen atoms in total. The zero-order valence-corrected chi connectivity index (χ0v) is 12.7. The van der Waals surface area contributed by atoms with E-state index in [2.05, 4.69) is 15.3 Å². The van der Waals surface area contributed by atoms with Crippen molar-refractivity contribution in [2.24, 2.45) is 0 Å². The summed E-state index contributed by atoms with van der Waals surface area (Å²) in [5.74, 6) is 0.546. The van der Waals surface area contributed by atoms with Crippen LogP contribution in [0.15, 0.2) is 6.33 Å². The van der Waals surface area contributed by atoms with Crippen molar-refractivity contribution in [3.8, 4) is 0 Å². The molecule has 0 saturated carbocycles. The van der Waals surface area contributed by atoms with Crippen LogP contribution in [-0.2, 0) is 0 Å². The van der Waals surface area contributed by atoms with Crippen molar-refractivity contribution in [3.63, 3.8) is 0 Å². The van der Waals surface area contributed by atoms with Crippen LogP contribution in [0.4, 0.5) is 5.82 Å². The molecule has 2 aromatic heterocycles. The molecular weight excluding hydrogens is 244 g/mol. The predicted octanol–water partition coefficient (Wildman–Crippen LogP) is -1.61. The molecule has 0 saturated heterocycles. The van der Waals surface area contributed by atoms with Crippen molar-refractivity contribution in [1.29, 1.82) is 0 Å². The van der Waals surface area contributed by atoms with Gasteiger partial charge in [0.2, 0.25) is 0 Å². The number of fused-ring (bicyclic) bond motifs is 1. The topological polar surface area (TPSA) is 51.8 Å². The van der Waals surface area contributed by atoms with Crippen LogP contribution in [0, 0.1) is 12.3 Å². The van der Waals surface area contributed by atoms with Gasteiger partial charge in [0.25, 0.3) is 0 Å². The number of anilines is 1. The Morgan fingerprint density at radius 1 is 1.50 bits per heavy atom. The van der Waals surface area contributed by atoms with Gasteiger partial charge in [0, 0.05) is 0 Å². The molecule has 0 fully saturated rings. The van der Waals surface area contributed by atoms with Gasteiger partial charge in [-0.05, 0) is 4.83 Å². The van der Waals surface area contributed by atoms with Crippen LogP contribution in [0.25, 0.3) is 10.2 Å². The summed E-state index contributed by atoms with van der Waals surface area (Å²) < 4.78 is 0. The second-order valence-electron chi connectivity index (χ2n) is 2.27. The fourth-order valence-corrected chi connectivity index (χ4v) is 1.80. The van der Waals surface area contributed by atoms with Gasteiger partial charge in [-0.1, -0.05) is 12.3 Å². The molecule has 0 aromatic carbocycles. The maximum absolute atomic E-state index is 5.64. The average Bonchev–Trinajstić information content (AvgIpc) is 2.34. The van der Waals surface area contributed by atoms with Crippen molar-refractivity contribution in [1.82, 2.24) is 9.97 Å². The van der Waals surface area contributed by atoms with E-state index in [1.807, 2.05) is 6.92 Å². The summed E-state index contributed by atoms with van der Waals surface area (Å²) in [7, 11) is 0. The van der Waals surface area contributed by atoms with Gasteiger partial charge in [-0.2, -0.15) is 5.56 Å². The monoisotopic (exact) mass is 249 g/mol. The van der Waals surface area contributed by atoms with Crippen LogP contribution in [0.2, 0.25) is 0 Å². The minimum atomic E-state index is 0. The van der Waals surface area contributed by atoms with Crippen LogP contribution in [0.5, 0.6) is 0 Å². The molecular formula is C7H6N3RbS. The molecule has 0 aliphatic rings. The smallest absolute Gasteiger partial charge is 0.394 e. The zero-order valence-electron chi connectivity index (χ0n) is 6.96. The standard InChI is InChI=1S/C7H6N3S.Rb/c1-4-2-11-7-5(4)6(8)9-3-10-7;/h3H,1H3,(H2,8,9,10);/q-1;+1. The summed E-state index contributed by atoms with van der Waals surface area (Å²) in [4.78, 5) is 8.86. The van der Waals surface area contributed by atoms with Gasteiger partial charge in [-0.15, -0.1) is 5.38 Å². The first kappa shape index (κ1) is 10.7. The van der Waals surface area contributed by atoms with Gasteiger partial charge < -0.3 is 10.7 Å². The Morgan fingerprint density at radius 2 is 2.25 bits per heavy atom. The molecule has 56 valence electrons. The molecule has 0 bridgehead atoms. The Bertz CT molecular complexity index is 398. The van der Waals surface area contributed by atoms with Crippen molar-refractivity contribution in [2.75, 3.05) is 5.73 Å². The quantitative estimate of drug-likeness (QED) is 0.572. The van der Waals surface area contributed by atoms with Gasteiger partial charge in [0.15, 0.2) is 0 Å². The van der Waals surface area contributed by atoms with Gasteiger partial charge in [0.05, 0.1) is 5.82 Å². The van der Waals surface area contributed by atoms with Crippen molar-refractivity contribution in [3.05, 3.63) is 17.3 Å². The Hall–Kier alpha value is 0.645. The molecule has 2 rings (SSSR count). The van der Waals surface area contributed by atoms with Gasteiger partial charge in [0.1, 0.15) is 6.33 Å². The van der Waals surface area contributed by atoms with Gasteiger partial charge in [-0.25, -0.2) is 4.98 Å². The molecule has 2 heterocycles.